The van der Waals surface area contributed by atoms with E-state index in [4.69, 9.17) is 15.0 Å². The quantitative estimate of drug-likeness (QED) is 0.170. The third-order valence-corrected chi connectivity index (χ3v) is 12.7. The topological polar surface area (TPSA) is 72.8 Å². The molecule has 0 saturated heterocycles. The molecule has 0 bridgehead atoms. The van der Waals surface area contributed by atoms with Crippen LogP contribution in [0.2, 0.25) is 0 Å². The van der Waals surface area contributed by atoms with Crippen molar-refractivity contribution < 1.29 is 8.42 Å². The molecule has 9 aromatic rings. The van der Waals surface area contributed by atoms with E-state index in [1.54, 1.807) is 24.3 Å². The van der Waals surface area contributed by atoms with E-state index in [0.717, 1.165) is 60.8 Å². The van der Waals surface area contributed by atoms with E-state index in [1.807, 2.05) is 97.1 Å². The Labute approximate surface area is 325 Å². The third-order valence-electron chi connectivity index (χ3n) is 10.8. The Morgan fingerprint density at radius 3 is 1.48 bits per heavy atom. The van der Waals surface area contributed by atoms with Crippen LogP contribution in [0.4, 0.5) is 0 Å². The van der Waals surface area contributed by atoms with Gasteiger partial charge < -0.3 is 0 Å². The second-order valence-corrected chi connectivity index (χ2v) is 15.9. The van der Waals surface area contributed by atoms with Gasteiger partial charge in [0, 0.05) is 16.7 Å². The number of nitrogens with zero attached hydrogens (tertiary/aromatic N) is 3. The highest BCUT2D eigenvalue weighted by Gasteiger charge is 2.48. The summed E-state index contributed by atoms with van der Waals surface area (Å²) in [6.45, 7) is 0. The first-order chi connectivity index (χ1) is 27.5. The van der Waals surface area contributed by atoms with Crippen LogP contribution in [0.25, 0.3) is 56.1 Å². The molecule has 0 atom stereocenters. The molecule has 1 aromatic heterocycles. The van der Waals surface area contributed by atoms with E-state index in [-0.39, 0.29) is 0 Å². The Kier molecular flexibility index (Phi) is 8.01. The Bertz CT molecular complexity index is 3000. The maximum atomic E-state index is 14.2. The van der Waals surface area contributed by atoms with Crippen LogP contribution in [-0.2, 0) is 15.3 Å². The number of aromatic nitrogens is 3. The first kappa shape index (κ1) is 33.5. The molecule has 266 valence electrons. The van der Waals surface area contributed by atoms with Crippen LogP contribution >= 0.6 is 0 Å². The number of fused-ring (bicyclic) bond motifs is 3. The maximum absolute atomic E-state index is 14.2. The minimum absolute atomic E-state index is 0.321. The van der Waals surface area contributed by atoms with Crippen LogP contribution in [0, 0.1) is 0 Å². The van der Waals surface area contributed by atoms with Crippen molar-refractivity contribution in [2.75, 3.05) is 0 Å². The van der Waals surface area contributed by atoms with Crippen molar-refractivity contribution in [3.05, 3.63) is 222 Å². The van der Waals surface area contributed by atoms with Gasteiger partial charge in [0.25, 0.3) is 0 Å². The molecule has 0 aliphatic carbocycles. The van der Waals surface area contributed by atoms with Gasteiger partial charge in [0.1, 0.15) is 0 Å². The molecular formula is C50H33N3O2S. The van der Waals surface area contributed by atoms with Crippen LogP contribution in [0.3, 0.4) is 0 Å². The monoisotopic (exact) mass is 739 g/mol. The fourth-order valence-corrected chi connectivity index (χ4v) is 9.98. The van der Waals surface area contributed by atoms with E-state index < -0.39 is 15.3 Å². The molecule has 0 N–H and O–H groups in total. The highest BCUT2D eigenvalue weighted by atomic mass is 32.2. The highest BCUT2D eigenvalue weighted by molar-refractivity contribution is 7.91. The maximum Gasteiger partial charge on any atom is 0.207 e. The molecule has 56 heavy (non-hydrogen) atoms. The minimum Gasteiger partial charge on any atom is -0.218 e. The molecule has 0 radical (unpaired) electrons. The van der Waals surface area contributed by atoms with Gasteiger partial charge in [0.05, 0.1) is 15.2 Å². The number of benzene rings is 8. The highest BCUT2D eigenvalue weighted by Crippen LogP contribution is 2.53. The molecule has 1 aliphatic heterocycles. The molecule has 2 heterocycles. The van der Waals surface area contributed by atoms with Gasteiger partial charge in [-0.15, -0.1) is 0 Å². The van der Waals surface area contributed by atoms with Gasteiger partial charge >= 0.3 is 0 Å². The zero-order valence-electron chi connectivity index (χ0n) is 30.1. The summed E-state index contributed by atoms with van der Waals surface area (Å²) in [5, 5.41) is 2.27. The number of sulfone groups is 1. The number of rotatable bonds is 6. The lowest BCUT2D eigenvalue weighted by atomic mass is 9.64. The first-order valence-corrected chi connectivity index (χ1v) is 20.0. The molecule has 8 aromatic carbocycles. The van der Waals surface area contributed by atoms with Gasteiger partial charge in [-0.1, -0.05) is 170 Å². The Hall–Kier alpha value is -7.02. The zero-order valence-corrected chi connectivity index (χ0v) is 30.9. The van der Waals surface area contributed by atoms with Crippen molar-refractivity contribution in [1.82, 2.24) is 15.0 Å². The number of hydrogen-bond acceptors (Lipinski definition) is 5. The lowest BCUT2D eigenvalue weighted by molar-refractivity contribution is 0.579. The summed E-state index contributed by atoms with van der Waals surface area (Å²) in [5.41, 5.74) is 7.14. The largest absolute Gasteiger partial charge is 0.218 e. The second kappa shape index (κ2) is 13.4. The lowest BCUT2D eigenvalue weighted by Crippen LogP contribution is -2.37. The molecule has 5 nitrogen and oxygen atoms in total. The molecule has 0 fully saturated rings. The van der Waals surface area contributed by atoms with E-state index in [0.29, 0.717) is 27.3 Å². The van der Waals surface area contributed by atoms with Crippen LogP contribution < -0.4 is 0 Å². The van der Waals surface area contributed by atoms with Crippen LogP contribution in [0.1, 0.15) is 22.3 Å². The average molecular weight is 740 g/mol. The van der Waals surface area contributed by atoms with Crippen LogP contribution in [-0.4, -0.2) is 23.4 Å². The smallest absolute Gasteiger partial charge is 0.207 e. The van der Waals surface area contributed by atoms with Gasteiger partial charge in [-0.2, -0.15) is 0 Å². The summed E-state index contributed by atoms with van der Waals surface area (Å²) in [6, 6.07) is 66.4. The van der Waals surface area contributed by atoms with E-state index in [1.165, 1.54) is 0 Å². The van der Waals surface area contributed by atoms with Crippen molar-refractivity contribution in [3.8, 4) is 45.3 Å². The fraction of sp³-hybridized carbons (Fsp3) is 0.0200. The van der Waals surface area contributed by atoms with Gasteiger partial charge in [-0.05, 0) is 74.5 Å². The molecular weight excluding hydrogens is 707 g/mol. The second-order valence-electron chi connectivity index (χ2n) is 14.0. The third kappa shape index (κ3) is 5.45. The fourth-order valence-electron chi connectivity index (χ4n) is 8.21. The molecule has 0 amide bonds. The molecule has 6 heteroatoms. The van der Waals surface area contributed by atoms with Crippen molar-refractivity contribution in [2.45, 2.75) is 15.2 Å². The molecule has 0 spiro atoms. The lowest BCUT2D eigenvalue weighted by Gasteiger charge is -2.41. The molecule has 10 rings (SSSR count). The summed E-state index contributed by atoms with van der Waals surface area (Å²) in [7, 11) is -3.76. The van der Waals surface area contributed by atoms with E-state index in [2.05, 4.69) is 78.9 Å². The Balaban J connectivity index is 1.15. The van der Waals surface area contributed by atoms with Crippen LogP contribution in [0.15, 0.2) is 210 Å². The average Bonchev–Trinajstić information content (AvgIpc) is 3.27. The summed E-state index contributed by atoms with van der Waals surface area (Å²) in [6.07, 6.45) is 0. The van der Waals surface area contributed by atoms with Crippen molar-refractivity contribution >= 4 is 20.6 Å². The molecule has 0 unspecified atom stereocenters. The SMILES string of the molecule is O=S1(=O)c2ccccc2C(c2ccccc2)(c2cccc(-c3cccc(-c4nc(-c5ccccc5)nc(-c5ccc6ccccc6c5)n4)c3)c2)c2ccccc21. The standard InChI is InChI=1S/C50H33N3O2S/c54-56(55)45-27-11-9-25-43(45)50(41-22-5-2-6-23-41,44-26-10-12-28-46(44)56)42-24-14-20-38(33-42)37-19-13-21-39(32-37)48-51-47(35-16-3-1-4-17-35)52-49(53-48)40-30-29-34-15-7-8-18-36(34)31-40/h1-33H. The normalized spacial score (nSPS) is 13.8. The van der Waals surface area contributed by atoms with Gasteiger partial charge in [0.2, 0.25) is 9.84 Å². The van der Waals surface area contributed by atoms with Gasteiger partial charge in [0.15, 0.2) is 17.5 Å². The van der Waals surface area contributed by atoms with Crippen LogP contribution in [0.5, 0.6) is 0 Å². The van der Waals surface area contributed by atoms with Gasteiger partial charge in [-0.25, -0.2) is 23.4 Å². The van der Waals surface area contributed by atoms with Crippen molar-refractivity contribution in [1.29, 1.82) is 0 Å². The summed E-state index contributed by atoms with van der Waals surface area (Å²) < 4.78 is 28.4. The summed E-state index contributed by atoms with van der Waals surface area (Å²) >= 11 is 0. The zero-order chi connectivity index (χ0) is 37.7. The predicted octanol–water partition coefficient (Wildman–Crippen LogP) is 11.2. The molecule has 1 aliphatic rings. The van der Waals surface area contributed by atoms with Gasteiger partial charge in [-0.3, -0.25) is 0 Å². The minimum atomic E-state index is -3.76. The molecule has 0 saturated carbocycles. The predicted molar refractivity (Wildman–Crippen MR) is 223 cm³/mol. The van der Waals surface area contributed by atoms with E-state index in [9.17, 15) is 8.42 Å². The Morgan fingerprint density at radius 2 is 0.804 bits per heavy atom. The van der Waals surface area contributed by atoms with Crippen molar-refractivity contribution in [3.63, 3.8) is 0 Å². The van der Waals surface area contributed by atoms with E-state index >= 15 is 0 Å². The summed E-state index contributed by atoms with van der Waals surface area (Å²) in [4.78, 5) is 15.7. The van der Waals surface area contributed by atoms with Crippen molar-refractivity contribution in [2.24, 2.45) is 0 Å². The Morgan fingerprint density at radius 1 is 0.339 bits per heavy atom. The summed E-state index contributed by atoms with van der Waals surface area (Å²) in [5.74, 6) is 1.77. The number of hydrogen-bond donors (Lipinski definition) is 0. The first-order valence-electron chi connectivity index (χ1n) is 18.5.